The lowest BCUT2D eigenvalue weighted by Gasteiger charge is -2.46. The number of ether oxygens (including phenoxy) is 6. The number of ketones is 1. The van der Waals surface area contributed by atoms with Crippen LogP contribution in [0.15, 0.2) is 106 Å². The normalized spacial score (nSPS) is 36.3. The first-order valence-electron chi connectivity index (χ1n) is 18.5. The third-order valence-corrected chi connectivity index (χ3v) is 9.81. The maximum atomic E-state index is 13.9. The number of hydrogen-bond donors (Lipinski definition) is 7. The number of halogens is 2. The van der Waals surface area contributed by atoms with E-state index in [0.717, 1.165) is 11.0 Å². The van der Waals surface area contributed by atoms with Gasteiger partial charge in [-0.1, -0.05) is 84.0 Å². The van der Waals surface area contributed by atoms with Crippen LogP contribution in [0.1, 0.15) is 20.3 Å². The maximum Gasteiger partial charge on any atom is 0.264 e. The summed E-state index contributed by atoms with van der Waals surface area (Å²) < 4.78 is 33.7. The van der Waals surface area contributed by atoms with Crippen molar-refractivity contribution in [3.05, 3.63) is 106 Å². The molecule has 4 aliphatic rings. The second-order valence-electron chi connectivity index (χ2n) is 13.7. The monoisotopic (exact) mass is 868 g/mol. The number of aliphatic hydroxyl groups excluding tert-OH is 6. The molecule has 4 heterocycles. The average Bonchev–Trinajstić information content (AvgIpc) is 3.59. The fourth-order valence-electron chi connectivity index (χ4n) is 6.39. The van der Waals surface area contributed by atoms with E-state index < -0.39 is 128 Å². The van der Waals surface area contributed by atoms with Gasteiger partial charge in [0.05, 0.1) is 25.7 Å². The highest BCUT2D eigenvalue weighted by atomic mass is 35.5. The smallest absolute Gasteiger partial charge is 0.264 e. The van der Waals surface area contributed by atoms with Gasteiger partial charge in [-0.2, -0.15) is 0 Å². The minimum absolute atomic E-state index is 0.406. The number of carbonyl (C=O) groups excluding carboxylic acids is 3. The van der Waals surface area contributed by atoms with Gasteiger partial charge in [-0.3, -0.25) is 19.3 Å². The Labute approximate surface area is 350 Å². The zero-order valence-corrected chi connectivity index (χ0v) is 33.9. The van der Waals surface area contributed by atoms with Crippen LogP contribution in [-0.2, 0) is 42.8 Å². The zero-order valence-electron chi connectivity index (χ0n) is 32.3. The van der Waals surface area contributed by atoms with E-state index in [4.69, 9.17) is 57.4 Å². The van der Waals surface area contributed by atoms with Crippen molar-refractivity contribution >= 4 is 40.8 Å². The lowest BCUT2D eigenvalue weighted by Crippen LogP contribution is -2.65. The van der Waals surface area contributed by atoms with Crippen LogP contribution in [0.25, 0.3) is 0 Å². The highest BCUT2D eigenvalue weighted by Gasteiger charge is 2.56. The van der Waals surface area contributed by atoms with Crippen LogP contribution in [0, 0.1) is 0 Å². The number of hydrogen-bond acceptors (Lipinski definition) is 15. The van der Waals surface area contributed by atoms with Gasteiger partial charge < -0.3 is 64.8 Å². The van der Waals surface area contributed by atoms with Crippen LogP contribution >= 0.6 is 23.2 Å². The molecule has 0 aromatic carbocycles. The Morgan fingerprint density at radius 2 is 1.44 bits per heavy atom. The fourth-order valence-corrected chi connectivity index (χ4v) is 6.61. The van der Waals surface area contributed by atoms with E-state index in [9.17, 15) is 45.0 Å². The molecular formula is C40H50Cl2N2O15. The number of rotatable bonds is 16. The summed E-state index contributed by atoms with van der Waals surface area (Å²) in [5.74, 6) is -3.84. The molecule has 4 saturated heterocycles. The number of allylic oxidation sites excluding steroid dienone is 16. The molecule has 13 atom stereocenters. The number of primary amides is 1. The van der Waals surface area contributed by atoms with Gasteiger partial charge in [0.2, 0.25) is 5.91 Å². The largest absolute Gasteiger partial charge is 0.507 e. The number of amides is 2. The first kappa shape index (κ1) is 47.9. The van der Waals surface area contributed by atoms with Crippen LogP contribution in [0.3, 0.4) is 0 Å². The van der Waals surface area contributed by atoms with Crippen LogP contribution in [0.5, 0.6) is 0 Å². The summed E-state index contributed by atoms with van der Waals surface area (Å²) >= 11 is 11.9. The van der Waals surface area contributed by atoms with Crippen molar-refractivity contribution in [3.8, 4) is 0 Å². The summed E-state index contributed by atoms with van der Waals surface area (Å²) in [5, 5.41) is 65.8. The number of methoxy groups -OCH3 is 1. The zero-order chi connectivity index (χ0) is 43.4. The van der Waals surface area contributed by atoms with E-state index in [1.54, 1.807) is 80.7 Å². The molecule has 0 unspecified atom stereocenters. The van der Waals surface area contributed by atoms with Crippen molar-refractivity contribution in [2.75, 3.05) is 20.3 Å². The number of carbonyl (C=O) groups is 3. The van der Waals surface area contributed by atoms with Gasteiger partial charge in [-0.15, -0.1) is 0 Å². The Kier molecular flexibility index (Phi) is 18.4. The molecule has 324 valence electrons. The van der Waals surface area contributed by atoms with Gasteiger partial charge in [-0.05, 0) is 38.2 Å². The second kappa shape index (κ2) is 22.7. The molecule has 8 N–H and O–H groups in total. The standard InChI is InChI=1S/C40H50Cl2N2O15/c1-21(41)14-10-9-12-16-23(42)15-11-7-5-4-6-8-13-17-25(45)29-31(49)24(18-28(43)47)44(37(29)53)38-35(32(50)26(46)19-55-38)59-39-34(52)33(51)27(20-56-39)58-40-36(54-3)30(48)22(2)57-40/h4-17,22,24,26-27,30,32-36,38-40,45-46,48,50-52H,18-20H2,1-3H3,(H2,43,47)/b5-4+,8-6+,10-9+,11-7+,16-12+,17-13+,21-14-,23-15-,29-25-/t22-,24+,26-,27-,30-,32+,33-,34+,35-,36+,38-,39+,40+/m1/s1. The van der Waals surface area contributed by atoms with Crippen molar-refractivity contribution in [1.29, 1.82) is 0 Å². The van der Waals surface area contributed by atoms with Crippen molar-refractivity contribution in [3.63, 3.8) is 0 Å². The second-order valence-corrected chi connectivity index (χ2v) is 14.8. The molecule has 4 rings (SSSR count). The van der Waals surface area contributed by atoms with E-state index in [2.05, 4.69) is 0 Å². The Morgan fingerprint density at radius 3 is 2.10 bits per heavy atom. The quantitative estimate of drug-likeness (QED) is 0.0496. The van der Waals surface area contributed by atoms with Crippen LogP contribution in [0.2, 0.25) is 0 Å². The van der Waals surface area contributed by atoms with Gasteiger partial charge in [0.25, 0.3) is 5.91 Å². The van der Waals surface area contributed by atoms with E-state index in [-0.39, 0.29) is 0 Å². The van der Waals surface area contributed by atoms with Gasteiger partial charge in [0, 0.05) is 17.2 Å². The number of aliphatic hydroxyl groups is 6. The molecule has 0 aromatic heterocycles. The first-order valence-corrected chi connectivity index (χ1v) is 19.2. The summed E-state index contributed by atoms with van der Waals surface area (Å²) in [5.41, 5.74) is 4.71. The summed E-state index contributed by atoms with van der Waals surface area (Å²) in [6.45, 7) is 2.39. The molecule has 0 spiro atoms. The molecule has 59 heavy (non-hydrogen) atoms. The van der Waals surface area contributed by atoms with E-state index in [0.29, 0.717) is 10.1 Å². The Bertz CT molecular complexity index is 1770. The molecule has 4 aliphatic heterocycles. The fraction of sp³-hybridized carbons (Fsp3) is 0.475. The SMILES string of the molecule is CO[C@@H]1[C@H](O[C@@H]2CO[C@@H](O[C@@H]3[C@@H](O)[C@H](O)CO[C@H]3N3C(=O)/C(=C(O)/C=C/C=C/C=C/C=C/C=C(Cl)/C=C/C=C/C=C(/C)Cl)C(=O)[C@@H]3CC(N)=O)[C@@H](O)[C@@H]2O)O[C@H](C)[C@H]1O. The minimum atomic E-state index is -1.86. The third kappa shape index (κ3) is 12.6. The van der Waals surface area contributed by atoms with Crippen molar-refractivity contribution in [2.24, 2.45) is 5.73 Å². The molecular weight excluding hydrogens is 819 g/mol. The lowest BCUT2D eigenvalue weighted by atomic mass is 10.0. The highest BCUT2D eigenvalue weighted by molar-refractivity contribution is 6.31. The number of nitrogens with zero attached hydrogens (tertiary/aromatic N) is 1. The number of Topliss-reactive ketones (excluding diaryl/α,β-unsaturated/α-hetero) is 1. The summed E-state index contributed by atoms with van der Waals surface area (Å²) in [4.78, 5) is 40.3. The molecule has 0 radical (unpaired) electrons. The van der Waals surface area contributed by atoms with Crippen LogP contribution in [-0.4, -0.2) is 153 Å². The number of nitrogens with two attached hydrogens (primary N) is 1. The molecule has 0 aromatic rings. The van der Waals surface area contributed by atoms with Crippen molar-refractivity contribution in [1.82, 2.24) is 4.90 Å². The Morgan fingerprint density at radius 1 is 0.814 bits per heavy atom. The molecule has 19 heteroatoms. The Balaban J connectivity index is 1.45. The van der Waals surface area contributed by atoms with E-state index >= 15 is 0 Å². The molecule has 0 aliphatic carbocycles. The molecule has 4 fully saturated rings. The number of likely N-dealkylation sites (tertiary alicyclic amines) is 1. The predicted molar refractivity (Wildman–Crippen MR) is 212 cm³/mol. The van der Waals surface area contributed by atoms with Crippen molar-refractivity contribution in [2.45, 2.75) is 100 Å². The van der Waals surface area contributed by atoms with Gasteiger partial charge >= 0.3 is 0 Å². The molecule has 0 saturated carbocycles. The maximum absolute atomic E-state index is 13.9. The van der Waals surface area contributed by atoms with E-state index in [1.165, 1.54) is 19.3 Å². The van der Waals surface area contributed by atoms with Crippen LogP contribution in [0.4, 0.5) is 0 Å². The molecule has 17 nitrogen and oxygen atoms in total. The predicted octanol–water partition coefficient (Wildman–Crippen LogP) is 1.10. The van der Waals surface area contributed by atoms with Gasteiger partial charge in [-0.25, -0.2) is 0 Å². The van der Waals surface area contributed by atoms with Crippen LogP contribution < -0.4 is 5.73 Å². The average molecular weight is 870 g/mol. The lowest BCUT2D eigenvalue weighted by molar-refractivity contribution is -0.338. The first-order chi connectivity index (χ1) is 28.1. The summed E-state index contributed by atoms with van der Waals surface area (Å²) in [6.07, 6.45) is 4.97. The van der Waals surface area contributed by atoms with Gasteiger partial charge in [0.15, 0.2) is 24.6 Å². The van der Waals surface area contributed by atoms with E-state index in [1.807, 2.05) is 0 Å². The Hall–Kier alpha value is -3.79. The van der Waals surface area contributed by atoms with Gasteiger partial charge in [0.1, 0.15) is 66.2 Å². The highest BCUT2D eigenvalue weighted by Crippen LogP contribution is 2.35. The molecule has 2 amide bonds. The summed E-state index contributed by atoms with van der Waals surface area (Å²) in [7, 11) is 1.34. The topological polar surface area (TPSA) is 257 Å². The molecule has 0 bridgehead atoms. The van der Waals surface area contributed by atoms with Crippen molar-refractivity contribution < 1.29 is 73.4 Å². The summed E-state index contributed by atoms with van der Waals surface area (Å²) in [6, 6.07) is -1.63. The third-order valence-electron chi connectivity index (χ3n) is 9.43. The minimum Gasteiger partial charge on any atom is -0.507 e.